The molecule has 1 heterocycles. The van der Waals surface area contributed by atoms with E-state index in [0.29, 0.717) is 6.10 Å². The molecule has 0 radical (unpaired) electrons. The Bertz CT molecular complexity index is 174. The Morgan fingerprint density at radius 2 is 2.00 bits per heavy atom. The molecule has 3 heteroatoms. The molecule has 0 unspecified atom stereocenters. The first-order valence-corrected chi connectivity index (χ1v) is 6.37. The third kappa shape index (κ3) is 3.44. The van der Waals surface area contributed by atoms with Crippen LogP contribution in [0.25, 0.3) is 0 Å². The van der Waals surface area contributed by atoms with Crippen molar-refractivity contribution in [1.29, 1.82) is 0 Å². The Hall–Kier alpha value is -0.120. The van der Waals surface area contributed by atoms with Crippen molar-refractivity contribution in [3.05, 3.63) is 0 Å². The molecule has 2 rings (SSSR count). The predicted octanol–water partition coefficient (Wildman–Crippen LogP) is 1.10. The lowest BCUT2D eigenvalue weighted by Gasteiger charge is -2.35. The van der Waals surface area contributed by atoms with Gasteiger partial charge in [0.2, 0.25) is 0 Å². The summed E-state index contributed by atoms with van der Waals surface area (Å²) in [6.45, 7) is 5.82. The van der Waals surface area contributed by atoms with Crippen molar-refractivity contribution >= 4 is 0 Å². The van der Waals surface area contributed by atoms with Gasteiger partial charge in [-0.3, -0.25) is 0 Å². The largest absolute Gasteiger partial charge is 0.377 e. The van der Waals surface area contributed by atoms with Crippen molar-refractivity contribution in [1.82, 2.24) is 10.2 Å². The summed E-state index contributed by atoms with van der Waals surface area (Å²) in [5, 5.41) is 3.23. The van der Waals surface area contributed by atoms with Gasteiger partial charge in [-0.25, -0.2) is 0 Å². The standard InChI is InChI=1S/C12H24N2O/c1-13-10-11-8-12(9-11)15-7-6-14-4-2-3-5-14/h11-13H,2-10H2,1H3. The molecule has 15 heavy (non-hydrogen) atoms. The molecule has 1 N–H and O–H groups in total. The minimum absolute atomic E-state index is 0.561. The van der Waals surface area contributed by atoms with E-state index in [1.807, 2.05) is 7.05 Å². The zero-order chi connectivity index (χ0) is 10.5. The molecule has 1 saturated heterocycles. The van der Waals surface area contributed by atoms with E-state index in [2.05, 4.69) is 10.2 Å². The van der Waals surface area contributed by atoms with E-state index in [1.165, 1.54) is 38.8 Å². The molecular weight excluding hydrogens is 188 g/mol. The van der Waals surface area contributed by atoms with Crippen molar-refractivity contribution < 1.29 is 4.74 Å². The lowest BCUT2D eigenvalue weighted by molar-refractivity contribution is -0.0348. The van der Waals surface area contributed by atoms with Crippen LogP contribution in [0.5, 0.6) is 0 Å². The molecule has 0 aromatic rings. The molecule has 1 aliphatic heterocycles. The summed E-state index contributed by atoms with van der Waals surface area (Å²) >= 11 is 0. The highest BCUT2D eigenvalue weighted by Gasteiger charge is 2.29. The van der Waals surface area contributed by atoms with Crippen molar-refractivity contribution in [2.24, 2.45) is 5.92 Å². The van der Waals surface area contributed by atoms with E-state index in [9.17, 15) is 0 Å². The molecule has 1 aliphatic carbocycles. The number of hydrogen-bond acceptors (Lipinski definition) is 3. The molecule has 0 atom stereocenters. The summed E-state index contributed by atoms with van der Waals surface area (Å²) in [4.78, 5) is 2.52. The van der Waals surface area contributed by atoms with Crippen molar-refractivity contribution in [3.8, 4) is 0 Å². The van der Waals surface area contributed by atoms with Crippen LogP contribution in [0, 0.1) is 5.92 Å². The highest BCUT2D eigenvalue weighted by molar-refractivity contribution is 4.81. The smallest absolute Gasteiger partial charge is 0.0597 e. The molecule has 3 nitrogen and oxygen atoms in total. The molecule has 1 saturated carbocycles. The number of nitrogens with zero attached hydrogens (tertiary/aromatic N) is 1. The first kappa shape index (κ1) is 11.4. The number of hydrogen-bond donors (Lipinski definition) is 1. The molecule has 88 valence electrons. The van der Waals surface area contributed by atoms with Crippen LogP contribution in [0.15, 0.2) is 0 Å². The summed E-state index contributed by atoms with van der Waals surface area (Å²) in [5.74, 6) is 0.867. The molecule has 0 bridgehead atoms. The molecule has 0 aromatic carbocycles. The molecule has 2 fully saturated rings. The summed E-state index contributed by atoms with van der Waals surface area (Å²) < 4.78 is 5.85. The first-order valence-electron chi connectivity index (χ1n) is 6.37. The maximum atomic E-state index is 5.85. The van der Waals surface area contributed by atoms with Gasteiger partial charge in [0.15, 0.2) is 0 Å². The van der Waals surface area contributed by atoms with Gasteiger partial charge in [-0.15, -0.1) is 0 Å². The second-order valence-electron chi connectivity index (χ2n) is 4.94. The average molecular weight is 212 g/mol. The number of rotatable bonds is 6. The zero-order valence-electron chi connectivity index (χ0n) is 9.87. The SMILES string of the molecule is CNCC1CC(OCCN2CCCC2)C1. The summed E-state index contributed by atoms with van der Waals surface area (Å²) in [6.07, 6.45) is 5.86. The van der Waals surface area contributed by atoms with Crippen LogP contribution in [0.2, 0.25) is 0 Å². The summed E-state index contributed by atoms with van der Waals surface area (Å²) in [7, 11) is 2.03. The summed E-state index contributed by atoms with van der Waals surface area (Å²) in [5.41, 5.74) is 0. The molecule has 0 amide bonds. The van der Waals surface area contributed by atoms with E-state index in [1.54, 1.807) is 0 Å². The van der Waals surface area contributed by atoms with Crippen LogP contribution >= 0.6 is 0 Å². The fourth-order valence-corrected chi connectivity index (χ4v) is 2.62. The van der Waals surface area contributed by atoms with Crippen molar-refractivity contribution in [2.45, 2.75) is 31.8 Å². The number of nitrogens with one attached hydrogen (secondary N) is 1. The Balaban J connectivity index is 1.45. The maximum absolute atomic E-state index is 5.85. The van der Waals surface area contributed by atoms with Gasteiger partial charge in [-0.2, -0.15) is 0 Å². The third-order valence-electron chi connectivity index (χ3n) is 3.65. The third-order valence-corrected chi connectivity index (χ3v) is 3.65. The quantitative estimate of drug-likeness (QED) is 0.713. The van der Waals surface area contributed by atoms with Crippen molar-refractivity contribution in [2.75, 3.05) is 39.8 Å². The van der Waals surface area contributed by atoms with Crippen LogP contribution < -0.4 is 5.32 Å². The highest BCUT2D eigenvalue weighted by Crippen LogP contribution is 2.29. The lowest BCUT2D eigenvalue weighted by atomic mass is 9.82. The van der Waals surface area contributed by atoms with E-state index in [-0.39, 0.29) is 0 Å². The predicted molar refractivity (Wildman–Crippen MR) is 62.1 cm³/mol. The molecule has 2 aliphatic rings. The second-order valence-corrected chi connectivity index (χ2v) is 4.94. The van der Waals surface area contributed by atoms with Crippen LogP contribution in [-0.4, -0.2) is 50.8 Å². The topological polar surface area (TPSA) is 24.5 Å². The van der Waals surface area contributed by atoms with Crippen LogP contribution in [0.3, 0.4) is 0 Å². The van der Waals surface area contributed by atoms with Gasteiger partial charge in [0.05, 0.1) is 12.7 Å². The second kappa shape index (κ2) is 5.83. The monoisotopic (exact) mass is 212 g/mol. The fraction of sp³-hybridized carbons (Fsp3) is 1.00. The molecule has 0 aromatic heterocycles. The van der Waals surface area contributed by atoms with Gasteiger partial charge in [-0.05, 0) is 58.3 Å². The van der Waals surface area contributed by atoms with Crippen LogP contribution in [0.1, 0.15) is 25.7 Å². The van der Waals surface area contributed by atoms with E-state index >= 15 is 0 Å². The average Bonchev–Trinajstić information content (AvgIpc) is 2.66. The van der Waals surface area contributed by atoms with Gasteiger partial charge in [0.1, 0.15) is 0 Å². The van der Waals surface area contributed by atoms with Gasteiger partial charge < -0.3 is 15.0 Å². The maximum Gasteiger partial charge on any atom is 0.0597 e. The van der Waals surface area contributed by atoms with Gasteiger partial charge in [0, 0.05) is 6.54 Å². The van der Waals surface area contributed by atoms with Gasteiger partial charge in [-0.1, -0.05) is 0 Å². The minimum Gasteiger partial charge on any atom is -0.377 e. The normalized spacial score (nSPS) is 31.8. The zero-order valence-corrected chi connectivity index (χ0v) is 9.87. The van der Waals surface area contributed by atoms with Gasteiger partial charge in [0.25, 0.3) is 0 Å². The molecular formula is C12H24N2O. The van der Waals surface area contributed by atoms with E-state index in [4.69, 9.17) is 4.74 Å². The number of ether oxygens (including phenoxy) is 1. The lowest BCUT2D eigenvalue weighted by Crippen LogP contribution is -2.38. The van der Waals surface area contributed by atoms with E-state index in [0.717, 1.165) is 25.6 Å². The minimum atomic E-state index is 0.561. The van der Waals surface area contributed by atoms with Crippen LogP contribution in [-0.2, 0) is 4.74 Å². The highest BCUT2D eigenvalue weighted by atomic mass is 16.5. The fourth-order valence-electron chi connectivity index (χ4n) is 2.62. The first-order chi connectivity index (χ1) is 7.38. The van der Waals surface area contributed by atoms with Crippen molar-refractivity contribution in [3.63, 3.8) is 0 Å². The molecule has 0 spiro atoms. The van der Waals surface area contributed by atoms with Crippen LogP contribution in [0.4, 0.5) is 0 Å². The van der Waals surface area contributed by atoms with Gasteiger partial charge >= 0.3 is 0 Å². The van der Waals surface area contributed by atoms with E-state index < -0.39 is 0 Å². The Kier molecular flexibility index (Phi) is 4.42. The number of likely N-dealkylation sites (tertiary alicyclic amines) is 1. The summed E-state index contributed by atoms with van der Waals surface area (Å²) in [6, 6.07) is 0. The Labute approximate surface area is 93.2 Å². The Morgan fingerprint density at radius 1 is 1.27 bits per heavy atom. The Morgan fingerprint density at radius 3 is 2.67 bits per heavy atom.